The predicted octanol–water partition coefficient (Wildman–Crippen LogP) is 2.44. The molecule has 2 aromatic rings. The molecular formula is C14H17N3O. The van der Waals surface area contributed by atoms with Crippen LogP contribution in [0.15, 0.2) is 36.9 Å². The summed E-state index contributed by atoms with van der Waals surface area (Å²) in [6, 6.07) is 3.80. The number of aromatic nitrogens is 2. The maximum Gasteiger partial charge on any atom is 0.137 e. The molecule has 0 bridgehead atoms. The first-order chi connectivity index (χ1) is 8.79. The van der Waals surface area contributed by atoms with Gasteiger partial charge in [-0.1, -0.05) is 6.92 Å². The maximum absolute atomic E-state index is 5.89. The van der Waals surface area contributed by atoms with Gasteiger partial charge in [0, 0.05) is 30.7 Å². The van der Waals surface area contributed by atoms with Crippen molar-refractivity contribution in [1.82, 2.24) is 9.97 Å². The topological polar surface area (TPSA) is 61.0 Å². The van der Waals surface area contributed by atoms with Gasteiger partial charge in [0.2, 0.25) is 0 Å². The first kappa shape index (κ1) is 12.4. The molecule has 0 saturated carbocycles. The molecule has 4 heteroatoms. The monoisotopic (exact) mass is 243 g/mol. The Kier molecular flexibility index (Phi) is 4.12. The van der Waals surface area contributed by atoms with E-state index in [-0.39, 0.29) is 0 Å². The third-order valence-electron chi connectivity index (χ3n) is 2.58. The highest BCUT2D eigenvalue weighted by Gasteiger charge is 2.03. The van der Waals surface area contributed by atoms with Crippen molar-refractivity contribution in [3.8, 4) is 5.75 Å². The third kappa shape index (κ3) is 3.20. The average Bonchev–Trinajstić information content (AvgIpc) is 2.40. The Labute approximate surface area is 107 Å². The van der Waals surface area contributed by atoms with Crippen LogP contribution in [0.3, 0.4) is 0 Å². The van der Waals surface area contributed by atoms with Crippen LogP contribution < -0.4 is 10.5 Å². The van der Waals surface area contributed by atoms with Crippen molar-refractivity contribution in [2.75, 3.05) is 12.3 Å². The summed E-state index contributed by atoms with van der Waals surface area (Å²) in [6.45, 7) is 2.79. The van der Waals surface area contributed by atoms with Gasteiger partial charge in [0.25, 0.3) is 0 Å². The Morgan fingerprint density at radius 3 is 2.89 bits per heavy atom. The van der Waals surface area contributed by atoms with Crippen molar-refractivity contribution in [1.29, 1.82) is 0 Å². The molecule has 2 heterocycles. The second kappa shape index (κ2) is 6.00. The lowest BCUT2D eigenvalue weighted by atomic mass is 10.1. The molecule has 18 heavy (non-hydrogen) atoms. The van der Waals surface area contributed by atoms with Gasteiger partial charge in [-0.05, 0) is 29.7 Å². The number of anilines is 1. The fourth-order valence-corrected chi connectivity index (χ4v) is 1.66. The summed E-state index contributed by atoms with van der Waals surface area (Å²) in [4.78, 5) is 8.26. The van der Waals surface area contributed by atoms with E-state index in [1.54, 1.807) is 24.7 Å². The number of hydrogen-bond donors (Lipinski definition) is 1. The van der Waals surface area contributed by atoms with Crippen molar-refractivity contribution in [2.45, 2.75) is 19.8 Å². The Bertz CT molecular complexity index is 514. The summed E-state index contributed by atoms with van der Waals surface area (Å²) in [6.07, 6.45) is 8.74. The van der Waals surface area contributed by atoms with Crippen LogP contribution in [0.25, 0.3) is 0 Å². The summed E-state index contributed by atoms with van der Waals surface area (Å²) < 4.78 is 5.55. The smallest absolute Gasteiger partial charge is 0.137 e. The van der Waals surface area contributed by atoms with E-state index >= 15 is 0 Å². The molecule has 0 spiro atoms. The minimum atomic E-state index is 0.708. The van der Waals surface area contributed by atoms with Gasteiger partial charge in [0.1, 0.15) is 5.75 Å². The van der Waals surface area contributed by atoms with E-state index in [0.29, 0.717) is 6.61 Å². The molecular weight excluding hydrogens is 226 g/mol. The SMILES string of the molecule is CCCOc1cncc(Cc2cnccc2N)c1. The quantitative estimate of drug-likeness (QED) is 0.876. The van der Waals surface area contributed by atoms with Gasteiger partial charge in [-0.3, -0.25) is 9.97 Å². The predicted molar refractivity (Wildman–Crippen MR) is 71.5 cm³/mol. The van der Waals surface area contributed by atoms with Crippen LogP contribution in [0.1, 0.15) is 24.5 Å². The molecule has 0 aliphatic heterocycles. The lowest BCUT2D eigenvalue weighted by Gasteiger charge is -2.07. The molecule has 0 atom stereocenters. The Morgan fingerprint density at radius 2 is 2.11 bits per heavy atom. The number of nitrogens with two attached hydrogens (primary N) is 1. The van der Waals surface area contributed by atoms with E-state index < -0.39 is 0 Å². The van der Waals surface area contributed by atoms with Gasteiger partial charge in [-0.25, -0.2) is 0 Å². The molecule has 0 saturated heterocycles. The van der Waals surface area contributed by atoms with E-state index in [9.17, 15) is 0 Å². The van der Waals surface area contributed by atoms with Gasteiger partial charge >= 0.3 is 0 Å². The summed E-state index contributed by atoms with van der Waals surface area (Å²) in [5, 5.41) is 0. The van der Waals surface area contributed by atoms with E-state index in [2.05, 4.69) is 16.9 Å². The van der Waals surface area contributed by atoms with Crippen LogP contribution >= 0.6 is 0 Å². The van der Waals surface area contributed by atoms with Gasteiger partial charge in [-0.15, -0.1) is 0 Å². The normalized spacial score (nSPS) is 10.3. The minimum Gasteiger partial charge on any atom is -0.492 e. The van der Waals surface area contributed by atoms with Crippen molar-refractivity contribution in [3.63, 3.8) is 0 Å². The van der Waals surface area contributed by atoms with Crippen LogP contribution in [-0.2, 0) is 6.42 Å². The number of ether oxygens (including phenoxy) is 1. The molecule has 2 rings (SSSR count). The van der Waals surface area contributed by atoms with Crippen molar-refractivity contribution in [3.05, 3.63) is 48.0 Å². The van der Waals surface area contributed by atoms with Crippen molar-refractivity contribution >= 4 is 5.69 Å². The van der Waals surface area contributed by atoms with Crippen LogP contribution in [0.4, 0.5) is 5.69 Å². The molecule has 0 unspecified atom stereocenters. The standard InChI is InChI=1S/C14H17N3O/c1-2-5-18-13-7-11(8-17-10-13)6-12-9-16-4-3-14(12)15/h3-4,7-10H,2,5-6H2,1H3,(H2,15,16). The molecule has 0 fully saturated rings. The van der Waals surface area contributed by atoms with Crippen LogP contribution in [0, 0.1) is 0 Å². The zero-order chi connectivity index (χ0) is 12.8. The molecule has 0 radical (unpaired) electrons. The first-order valence-corrected chi connectivity index (χ1v) is 6.04. The first-order valence-electron chi connectivity index (χ1n) is 6.04. The van der Waals surface area contributed by atoms with Gasteiger partial charge in [0.15, 0.2) is 0 Å². The van der Waals surface area contributed by atoms with Crippen molar-refractivity contribution in [2.24, 2.45) is 0 Å². The minimum absolute atomic E-state index is 0.708. The Balaban J connectivity index is 2.12. The molecule has 0 aliphatic rings. The highest BCUT2D eigenvalue weighted by atomic mass is 16.5. The van der Waals surface area contributed by atoms with E-state index in [0.717, 1.165) is 35.4 Å². The largest absolute Gasteiger partial charge is 0.492 e. The molecule has 0 aromatic carbocycles. The Hall–Kier alpha value is -2.10. The van der Waals surface area contributed by atoms with E-state index in [1.165, 1.54) is 0 Å². The zero-order valence-electron chi connectivity index (χ0n) is 10.5. The summed E-state index contributed by atoms with van der Waals surface area (Å²) in [7, 11) is 0. The van der Waals surface area contributed by atoms with Gasteiger partial charge in [-0.2, -0.15) is 0 Å². The highest BCUT2D eigenvalue weighted by Crippen LogP contribution is 2.17. The number of rotatable bonds is 5. The van der Waals surface area contributed by atoms with Crippen molar-refractivity contribution < 1.29 is 4.74 Å². The second-order valence-electron chi connectivity index (χ2n) is 4.13. The number of hydrogen-bond acceptors (Lipinski definition) is 4. The lowest BCUT2D eigenvalue weighted by molar-refractivity contribution is 0.316. The van der Waals surface area contributed by atoms with E-state index in [4.69, 9.17) is 10.5 Å². The number of pyridine rings is 2. The molecule has 0 aliphatic carbocycles. The molecule has 2 aromatic heterocycles. The van der Waals surface area contributed by atoms with Crippen LogP contribution in [0.5, 0.6) is 5.75 Å². The molecule has 2 N–H and O–H groups in total. The van der Waals surface area contributed by atoms with Crippen LogP contribution in [0.2, 0.25) is 0 Å². The lowest BCUT2D eigenvalue weighted by Crippen LogP contribution is -1.99. The van der Waals surface area contributed by atoms with E-state index in [1.807, 2.05) is 12.3 Å². The fraction of sp³-hybridized carbons (Fsp3) is 0.286. The molecule has 4 nitrogen and oxygen atoms in total. The summed E-state index contributed by atoms with van der Waals surface area (Å²) >= 11 is 0. The summed E-state index contributed by atoms with van der Waals surface area (Å²) in [5.41, 5.74) is 8.73. The van der Waals surface area contributed by atoms with Gasteiger partial charge < -0.3 is 10.5 Å². The van der Waals surface area contributed by atoms with Gasteiger partial charge in [0.05, 0.1) is 12.8 Å². The fourth-order valence-electron chi connectivity index (χ4n) is 1.66. The van der Waals surface area contributed by atoms with Crippen LogP contribution in [-0.4, -0.2) is 16.6 Å². The number of nitrogens with zero attached hydrogens (tertiary/aromatic N) is 2. The number of nitrogen functional groups attached to an aromatic ring is 1. The average molecular weight is 243 g/mol. The molecule has 94 valence electrons. The zero-order valence-corrected chi connectivity index (χ0v) is 10.5. The Morgan fingerprint density at radius 1 is 1.22 bits per heavy atom. The maximum atomic E-state index is 5.89. The second-order valence-corrected chi connectivity index (χ2v) is 4.13. The third-order valence-corrected chi connectivity index (χ3v) is 2.58. The molecule has 0 amide bonds. The summed E-state index contributed by atoms with van der Waals surface area (Å²) in [5.74, 6) is 0.803. The highest BCUT2D eigenvalue weighted by molar-refractivity contribution is 5.46.